The van der Waals surface area contributed by atoms with Crippen LogP contribution in [0.25, 0.3) is 0 Å². The Balaban J connectivity index is 4.89. The molecule has 0 saturated heterocycles. The zero-order valence-corrected chi connectivity index (χ0v) is 13.1. The number of aliphatic hydroxyl groups is 2. The summed E-state index contributed by atoms with van der Waals surface area (Å²) >= 11 is 0. The standard InChI is InChI=1S/C14H30O6/c1-5-17-10-11(16)13(19-7-3)14(20-8-4)12(9-15)18-6-2/h11-16H,5-10H2,1-4H3/t11-,12+,13+,14-/m1/s1. The Morgan fingerprint density at radius 3 is 1.80 bits per heavy atom. The molecule has 0 amide bonds. The van der Waals surface area contributed by atoms with Crippen LogP contribution in [0.2, 0.25) is 0 Å². The molecule has 0 aromatic rings. The second-order valence-corrected chi connectivity index (χ2v) is 4.24. The van der Waals surface area contributed by atoms with Crippen LogP contribution in [0.15, 0.2) is 0 Å². The van der Waals surface area contributed by atoms with Crippen molar-refractivity contribution in [2.45, 2.75) is 52.1 Å². The SMILES string of the molecule is CCOC[C@@H](O)[C@H](OCC)[C@H](OCC)[C@H](CO)OCC. The van der Waals surface area contributed by atoms with Gasteiger partial charge >= 0.3 is 0 Å². The van der Waals surface area contributed by atoms with Crippen molar-refractivity contribution in [3.63, 3.8) is 0 Å². The highest BCUT2D eigenvalue weighted by atomic mass is 16.6. The van der Waals surface area contributed by atoms with Gasteiger partial charge in [0.05, 0.1) is 13.2 Å². The summed E-state index contributed by atoms with van der Waals surface area (Å²) in [4.78, 5) is 0. The molecule has 0 bridgehead atoms. The Kier molecular flexibility index (Phi) is 12.3. The van der Waals surface area contributed by atoms with Gasteiger partial charge in [-0.1, -0.05) is 0 Å². The molecule has 0 unspecified atom stereocenters. The van der Waals surface area contributed by atoms with Crippen molar-refractivity contribution >= 4 is 0 Å². The molecular formula is C14H30O6. The minimum atomic E-state index is -0.832. The van der Waals surface area contributed by atoms with Crippen LogP contribution in [0, 0.1) is 0 Å². The van der Waals surface area contributed by atoms with Gasteiger partial charge in [0.1, 0.15) is 24.4 Å². The number of hydrogen-bond donors (Lipinski definition) is 2. The predicted octanol–water partition coefficient (Wildman–Crippen LogP) is 0.591. The lowest BCUT2D eigenvalue weighted by molar-refractivity contribution is -0.179. The fourth-order valence-electron chi connectivity index (χ4n) is 2.02. The maximum atomic E-state index is 10.2. The lowest BCUT2D eigenvalue weighted by Crippen LogP contribution is -2.51. The van der Waals surface area contributed by atoms with Crippen molar-refractivity contribution < 1.29 is 29.2 Å². The van der Waals surface area contributed by atoms with Crippen molar-refractivity contribution in [3.8, 4) is 0 Å². The topological polar surface area (TPSA) is 77.4 Å². The van der Waals surface area contributed by atoms with Crippen LogP contribution in [-0.4, -0.2) is 74.3 Å². The second kappa shape index (κ2) is 12.5. The molecule has 0 fully saturated rings. The van der Waals surface area contributed by atoms with E-state index in [1.807, 2.05) is 27.7 Å². The largest absolute Gasteiger partial charge is 0.394 e. The molecule has 0 aliphatic carbocycles. The zero-order chi connectivity index (χ0) is 15.4. The molecule has 0 spiro atoms. The highest BCUT2D eigenvalue weighted by molar-refractivity contribution is 4.85. The molecule has 4 atom stereocenters. The van der Waals surface area contributed by atoms with E-state index >= 15 is 0 Å². The number of hydrogen-bond acceptors (Lipinski definition) is 6. The van der Waals surface area contributed by atoms with E-state index in [4.69, 9.17) is 18.9 Å². The first-order valence-electron chi connectivity index (χ1n) is 7.37. The Bertz CT molecular complexity index is 214. The third kappa shape index (κ3) is 6.97. The van der Waals surface area contributed by atoms with E-state index in [2.05, 4.69) is 0 Å². The minimum Gasteiger partial charge on any atom is -0.394 e. The van der Waals surface area contributed by atoms with Crippen LogP contribution in [0.1, 0.15) is 27.7 Å². The third-order valence-electron chi connectivity index (χ3n) is 2.84. The molecule has 6 heteroatoms. The summed E-state index contributed by atoms with van der Waals surface area (Å²) in [5.41, 5.74) is 0. The summed E-state index contributed by atoms with van der Waals surface area (Å²) in [6, 6.07) is 0. The second-order valence-electron chi connectivity index (χ2n) is 4.24. The van der Waals surface area contributed by atoms with Gasteiger partial charge in [0.15, 0.2) is 0 Å². The van der Waals surface area contributed by atoms with Gasteiger partial charge in [-0.05, 0) is 27.7 Å². The van der Waals surface area contributed by atoms with Gasteiger partial charge in [-0.15, -0.1) is 0 Å². The third-order valence-corrected chi connectivity index (χ3v) is 2.84. The molecule has 0 rings (SSSR count). The van der Waals surface area contributed by atoms with Crippen LogP contribution in [0.4, 0.5) is 0 Å². The van der Waals surface area contributed by atoms with Gasteiger partial charge in [0.2, 0.25) is 0 Å². The van der Waals surface area contributed by atoms with Crippen LogP contribution in [-0.2, 0) is 18.9 Å². The average molecular weight is 294 g/mol. The summed E-state index contributed by atoms with van der Waals surface area (Å²) < 4.78 is 22.0. The molecule has 20 heavy (non-hydrogen) atoms. The van der Waals surface area contributed by atoms with E-state index in [-0.39, 0.29) is 13.2 Å². The predicted molar refractivity (Wildman–Crippen MR) is 75.8 cm³/mol. The molecule has 0 heterocycles. The highest BCUT2D eigenvalue weighted by Crippen LogP contribution is 2.16. The van der Waals surface area contributed by atoms with Crippen LogP contribution >= 0.6 is 0 Å². The van der Waals surface area contributed by atoms with Crippen LogP contribution < -0.4 is 0 Å². The fourth-order valence-corrected chi connectivity index (χ4v) is 2.02. The normalized spacial score (nSPS) is 17.7. The first-order chi connectivity index (χ1) is 9.65. The first kappa shape index (κ1) is 19.8. The molecule has 122 valence electrons. The summed E-state index contributed by atoms with van der Waals surface area (Å²) in [6.45, 7) is 9.22. The summed E-state index contributed by atoms with van der Waals surface area (Å²) in [6.07, 6.45) is -2.51. The van der Waals surface area contributed by atoms with Crippen molar-refractivity contribution in [1.82, 2.24) is 0 Å². The fraction of sp³-hybridized carbons (Fsp3) is 1.00. The van der Waals surface area contributed by atoms with E-state index < -0.39 is 24.4 Å². The lowest BCUT2D eigenvalue weighted by Gasteiger charge is -2.34. The van der Waals surface area contributed by atoms with Gasteiger partial charge in [-0.2, -0.15) is 0 Å². The Morgan fingerprint density at radius 2 is 1.35 bits per heavy atom. The molecule has 0 aliphatic heterocycles. The number of ether oxygens (including phenoxy) is 4. The van der Waals surface area contributed by atoms with Crippen molar-refractivity contribution in [3.05, 3.63) is 0 Å². The van der Waals surface area contributed by atoms with E-state index in [0.717, 1.165) is 0 Å². The van der Waals surface area contributed by atoms with Gasteiger partial charge in [-0.3, -0.25) is 0 Å². The van der Waals surface area contributed by atoms with Gasteiger partial charge in [0, 0.05) is 26.4 Å². The number of aliphatic hydroxyl groups excluding tert-OH is 2. The van der Waals surface area contributed by atoms with Crippen molar-refractivity contribution in [2.75, 3.05) is 39.6 Å². The Labute approximate surface area is 122 Å². The molecule has 0 saturated carbocycles. The molecule has 0 aromatic carbocycles. The quantitative estimate of drug-likeness (QED) is 0.518. The smallest absolute Gasteiger partial charge is 0.115 e. The van der Waals surface area contributed by atoms with E-state index in [1.54, 1.807) is 0 Å². The minimum absolute atomic E-state index is 0.162. The Hall–Kier alpha value is -0.240. The molecular weight excluding hydrogens is 264 g/mol. The summed E-state index contributed by atoms with van der Waals surface area (Å²) in [7, 11) is 0. The number of rotatable bonds is 13. The maximum absolute atomic E-state index is 10.2. The summed E-state index contributed by atoms with van der Waals surface area (Å²) in [5, 5.41) is 19.7. The van der Waals surface area contributed by atoms with Crippen LogP contribution in [0.3, 0.4) is 0 Å². The van der Waals surface area contributed by atoms with E-state index in [9.17, 15) is 10.2 Å². The van der Waals surface area contributed by atoms with Gasteiger partial charge in [0.25, 0.3) is 0 Å². The van der Waals surface area contributed by atoms with Gasteiger partial charge < -0.3 is 29.2 Å². The van der Waals surface area contributed by atoms with Crippen molar-refractivity contribution in [2.24, 2.45) is 0 Å². The van der Waals surface area contributed by atoms with E-state index in [1.165, 1.54) is 0 Å². The molecule has 0 radical (unpaired) electrons. The Morgan fingerprint density at radius 1 is 0.800 bits per heavy atom. The highest BCUT2D eigenvalue weighted by Gasteiger charge is 2.36. The van der Waals surface area contributed by atoms with E-state index in [0.29, 0.717) is 26.4 Å². The molecule has 2 N–H and O–H groups in total. The monoisotopic (exact) mass is 294 g/mol. The molecule has 0 aromatic heterocycles. The maximum Gasteiger partial charge on any atom is 0.115 e. The molecule has 6 nitrogen and oxygen atoms in total. The summed E-state index contributed by atoms with van der Waals surface area (Å²) in [5.74, 6) is 0. The first-order valence-corrected chi connectivity index (χ1v) is 7.37. The zero-order valence-electron chi connectivity index (χ0n) is 13.1. The molecule has 0 aliphatic rings. The van der Waals surface area contributed by atoms with Crippen molar-refractivity contribution in [1.29, 1.82) is 0 Å². The van der Waals surface area contributed by atoms with Gasteiger partial charge in [-0.25, -0.2) is 0 Å². The average Bonchev–Trinajstić information content (AvgIpc) is 2.46. The van der Waals surface area contributed by atoms with Crippen LogP contribution in [0.5, 0.6) is 0 Å². The lowest BCUT2D eigenvalue weighted by atomic mass is 10.0.